The van der Waals surface area contributed by atoms with Crippen LogP contribution in [0.15, 0.2) is 24.4 Å². The van der Waals surface area contributed by atoms with Crippen LogP contribution < -0.4 is 10.6 Å². The van der Waals surface area contributed by atoms with Gasteiger partial charge < -0.3 is 10.6 Å². The standard InChI is InChI=1S/C11H9ClF2N4/c1-15-11-16-5-8(14)10(18-11)17-9-4-6(12)2-3-7(9)13/h2-5H,1H3,(H2,15,16,17,18). The maximum Gasteiger partial charge on any atom is 0.224 e. The first kappa shape index (κ1) is 12.5. The smallest absolute Gasteiger partial charge is 0.224 e. The Bertz CT molecular complexity index is 577. The average Bonchev–Trinajstić information content (AvgIpc) is 2.36. The van der Waals surface area contributed by atoms with E-state index in [1.807, 2.05) is 0 Å². The number of hydrogen-bond acceptors (Lipinski definition) is 4. The Kier molecular flexibility index (Phi) is 3.57. The molecule has 7 heteroatoms. The number of halogens is 3. The van der Waals surface area contributed by atoms with Crippen LogP contribution in [0.4, 0.5) is 26.2 Å². The van der Waals surface area contributed by atoms with E-state index in [0.29, 0.717) is 5.02 Å². The third-order valence-electron chi connectivity index (χ3n) is 2.15. The highest BCUT2D eigenvalue weighted by Crippen LogP contribution is 2.24. The number of anilines is 3. The first-order valence-corrected chi connectivity index (χ1v) is 5.40. The van der Waals surface area contributed by atoms with Crippen LogP contribution in [0.25, 0.3) is 0 Å². The molecule has 0 spiro atoms. The van der Waals surface area contributed by atoms with Gasteiger partial charge in [0.2, 0.25) is 5.95 Å². The van der Waals surface area contributed by atoms with Crippen molar-refractivity contribution in [3.63, 3.8) is 0 Å². The van der Waals surface area contributed by atoms with Crippen LogP contribution in [0, 0.1) is 11.6 Å². The van der Waals surface area contributed by atoms with Gasteiger partial charge in [0.1, 0.15) is 5.82 Å². The van der Waals surface area contributed by atoms with Crippen molar-refractivity contribution in [1.82, 2.24) is 9.97 Å². The van der Waals surface area contributed by atoms with Gasteiger partial charge in [0.05, 0.1) is 11.9 Å². The van der Waals surface area contributed by atoms with E-state index >= 15 is 0 Å². The summed E-state index contributed by atoms with van der Waals surface area (Å²) in [6, 6.07) is 3.93. The van der Waals surface area contributed by atoms with E-state index in [4.69, 9.17) is 11.6 Å². The molecule has 0 aliphatic heterocycles. The fraction of sp³-hybridized carbons (Fsp3) is 0.0909. The van der Waals surface area contributed by atoms with E-state index in [9.17, 15) is 8.78 Å². The molecule has 1 aromatic heterocycles. The second-order valence-corrected chi connectivity index (χ2v) is 3.83. The van der Waals surface area contributed by atoms with E-state index in [2.05, 4.69) is 20.6 Å². The van der Waals surface area contributed by atoms with Crippen LogP contribution in [0.5, 0.6) is 0 Å². The Hall–Kier alpha value is -1.95. The van der Waals surface area contributed by atoms with Crippen molar-refractivity contribution in [2.75, 3.05) is 17.7 Å². The van der Waals surface area contributed by atoms with Gasteiger partial charge >= 0.3 is 0 Å². The molecule has 0 amide bonds. The second kappa shape index (κ2) is 5.14. The lowest BCUT2D eigenvalue weighted by Gasteiger charge is -2.09. The molecule has 0 saturated heterocycles. The topological polar surface area (TPSA) is 49.8 Å². The average molecular weight is 271 g/mol. The maximum absolute atomic E-state index is 13.5. The van der Waals surface area contributed by atoms with Crippen molar-refractivity contribution in [1.29, 1.82) is 0 Å². The molecule has 0 radical (unpaired) electrons. The Labute approximate surface area is 107 Å². The summed E-state index contributed by atoms with van der Waals surface area (Å²) >= 11 is 5.74. The van der Waals surface area contributed by atoms with E-state index < -0.39 is 11.6 Å². The highest BCUT2D eigenvalue weighted by Gasteiger charge is 2.09. The minimum absolute atomic E-state index is 0.0437. The van der Waals surface area contributed by atoms with Gasteiger partial charge in [-0.1, -0.05) is 11.6 Å². The molecular weight excluding hydrogens is 262 g/mol. The van der Waals surface area contributed by atoms with Crippen LogP contribution in [-0.2, 0) is 0 Å². The zero-order valence-electron chi connectivity index (χ0n) is 9.34. The molecule has 94 valence electrons. The van der Waals surface area contributed by atoms with Gasteiger partial charge in [-0.05, 0) is 18.2 Å². The van der Waals surface area contributed by atoms with E-state index in [1.165, 1.54) is 18.2 Å². The monoisotopic (exact) mass is 270 g/mol. The van der Waals surface area contributed by atoms with Crippen molar-refractivity contribution >= 4 is 29.1 Å². The molecule has 0 aliphatic rings. The summed E-state index contributed by atoms with van der Waals surface area (Å²) in [5, 5.41) is 5.52. The van der Waals surface area contributed by atoms with Crippen molar-refractivity contribution in [3.8, 4) is 0 Å². The number of aromatic nitrogens is 2. The zero-order chi connectivity index (χ0) is 13.1. The minimum Gasteiger partial charge on any atom is -0.357 e. The lowest BCUT2D eigenvalue weighted by atomic mass is 10.3. The van der Waals surface area contributed by atoms with Gasteiger partial charge in [-0.3, -0.25) is 0 Å². The summed E-state index contributed by atoms with van der Waals surface area (Å²) in [5.74, 6) is -1.14. The Morgan fingerprint density at radius 3 is 2.72 bits per heavy atom. The fourth-order valence-electron chi connectivity index (χ4n) is 1.30. The summed E-state index contributed by atoms with van der Waals surface area (Å²) in [6.07, 6.45) is 0.990. The first-order chi connectivity index (χ1) is 8.60. The quantitative estimate of drug-likeness (QED) is 0.899. The molecule has 2 N–H and O–H groups in total. The highest BCUT2D eigenvalue weighted by atomic mass is 35.5. The number of nitrogens with zero attached hydrogens (tertiary/aromatic N) is 2. The van der Waals surface area contributed by atoms with Crippen LogP contribution >= 0.6 is 11.6 Å². The van der Waals surface area contributed by atoms with E-state index in [-0.39, 0.29) is 17.5 Å². The Morgan fingerprint density at radius 2 is 2.00 bits per heavy atom. The molecule has 2 aromatic rings. The van der Waals surface area contributed by atoms with Crippen molar-refractivity contribution in [3.05, 3.63) is 41.1 Å². The predicted molar refractivity (Wildman–Crippen MR) is 66.2 cm³/mol. The number of nitrogens with one attached hydrogen (secondary N) is 2. The van der Waals surface area contributed by atoms with Crippen molar-refractivity contribution in [2.24, 2.45) is 0 Å². The fourth-order valence-corrected chi connectivity index (χ4v) is 1.47. The lowest BCUT2D eigenvalue weighted by molar-refractivity contribution is 0.616. The molecule has 0 saturated carbocycles. The molecule has 0 bridgehead atoms. The third-order valence-corrected chi connectivity index (χ3v) is 2.38. The molecule has 4 nitrogen and oxygen atoms in total. The summed E-state index contributed by atoms with van der Waals surface area (Å²) in [4.78, 5) is 7.52. The normalized spacial score (nSPS) is 10.2. The SMILES string of the molecule is CNc1ncc(F)c(Nc2cc(Cl)ccc2F)n1. The molecular formula is C11H9ClF2N4. The summed E-state index contributed by atoms with van der Waals surface area (Å²) in [7, 11) is 1.59. The molecule has 1 aromatic carbocycles. The van der Waals surface area contributed by atoms with Crippen LogP contribution in [0.3, 0.4) is 0 Å². The van der Waals surface area contributed by atoms with Gasteiger partial charge in [-0.15, -0.1) is 0 Å². The number of hydrogen-bond donors (Lipinski definition) is 2. The van der Waals surface area contributed by atoms with Gasteiger partial charge in [0.25, 0.3) is 0 Å². The minimum atomic E-state index is -0.687. The van der Waals surface area contributed by atoms with E-state index in [0.717, 1.165) is 6.20 Å². The van der Waals surface area contributed by atoms with Gasteiger partial charge in [0.15, 0.2) is 11.6 Å². The first-order valence-electron chi connectivity index (χ1n) is 5.02. The lowest BCUT2D eigenvalue weighted by Crippen LogP contribution is -2.04. The summed E-state index contributed by atoms with van der Waals surface area (Å²) in [5.41, 5.74) is 0.0437. The summed E-state index contributed by atoms with van der Waals surface area (Å²) in [6.45, 7) is 0. The van der Waals surface area contributed by atoms with E-state index in [1.54, 1.807) is 7.05 Å². The second-order valence-electron chi connectivity index (χ2n) is 3.39. The Balaban J connectivity index is 2.36. The van der Waals surface area contributed by atoms with Crippen LogP contribution in [0.2, 0.25) is 5.02 Å². The van der Waals surface area contributed by atoms with Crippen LogP contribution in [-0.4, -0.2) is 17.0 Å². The molecule has 0 unspecified atom stereocenters. The highest BCUT2D eigenvalue weighted by molar-refractivity contribution is 6.30. The predicted octanol–water partition coefficient (Wildman–Crippen LogP) is 3.19. The molecule has 0 fully saturated rings. The third kappa shape index (κ3) is 2.65. The maximum atomic E-state index is 13.5. The Morgan fingerprint density at radius 1 is 1.22 bits per heavy atom. The molecule has 0 atom stereocenters. The van der Waals surface area contributed by atoms with Crippen molar-refractivity contribution < 1.29 is 8.78 Å². The van der Waals surface area contributed by atoms with Gasteiger partial charge in [-0.25, -0.2) is 13.8 Å². The molecule has 2 rings (SSSR count). The van der Waals surface area contributed by atoms with Gasteiger partial charge in [-0.2, -0.15) is 4.98 Å². The van der Waals surface area contributed by atoms with Gasteiger partial charge in [0, 0.05) is 12.1 Å². The molecule has 0 aliphatic carbocycles. The van der Waals surface area contributed by atoms with Crippen molar-refractivity contribution in [2.45, 2.75) is 0 Å². The summed E-state index contributed by atoms with van der Waals surface area (Å²) < 4.78 is 26.9. The molecule has 18 heavy (non-hydrogen) atoms. The van der Waals surface area contributed by atoms with Crippen LogP contribution in [0.1, 0.15) is 0 Å². The number of rotatable bonds is 3. The molecule has 1 heterocycles. The largest absolute Gasteiger partial charge is 0.357 e. The number of benzene rings is 1. The zero-order valence-corrected chi connectivity index (χ0v) is 10.1.